The van der Waals surface area contributed by atoms with Gasteiger partial charge in [-0.3, -0.25) is 10.1 Å². The molecule has 5 heteroatoms. The smallest absolute Gasteiger partial charge is 0.269 e. The molecule has 15 heavy (non-hydrogen) atoms. The van der Waals surface area contributed by atoms with Gasteiger partial charge in [0.25, 0.3) is 5.69 Å². The summed E-state index contributed by atoms with van der Waals surface area (Å²) < 4.78 is 0. The lowest BCUT2D eigenvalue weighted by Gasteiger charge is -2.09. The quantitative estimate of drug-likeness (QED) is 0.566. The van der Waals surface area contributed by atoms with Gasteiger partial charge in [0.1, 0.15) is 0 Å². The molecular formula is C10H14N2O3. The summed E-state index contributed by atoms with van der Waals surface area (Å²) in [5.41, 5.74) is 0.746. The van der Waals surface area contributed by atoms with Crippen LogP contribution in [0.5, 0.6) is 0 Å². The Bertz CT molecular complexity index is 324. The van der Waals surface area contributed by atoms with Crippen LogP contribution in [0.2, 0.25) is 0 Å². The van der Waals surface area contributed by atoms with Crippen LogP contribution in [-0.4, -0.2) is 23.6 Å². The molecule has 0 fully saturated rings. The molecule has 0 saturated carbocycles. The molecule has 1 aromatic carbocycles. The van der Waals surface area contributed by atoms with Crippen molar-refractivity contribution < 1.29 is 10.0 Å². The first-order valence-corrected chi connectivity index (χ1v) is 4.72. The highest BCUT2D eigenvalue weighted by Gasteiger charge is 2.09. The standard InChI is InChI=1S/C10H14N2O3/c1-11-7-6-10(13)8-2-4-9(5-3-8)12(14)15/h2-5,10-11,13H,6-7H2,1H3/t10-/m0/s1. The van der Waals surface area contributed by atoms with Gasteiger partial charge in [-0.25, -0.2) is 0 Å². The summed E-state index contributed by atoms with van der Waals surface area (Å²) in [4.78, 5) is 9.93. The number of aliphatic hydroxyl groups is 1. The third-order valence-electron chi connectivity index (χ3n) is 2.16. The molecule has 0 saturated heterocycles. The van der Waals surface area contributed by atoms with Crippen molar-refractivity contribution in [2.24, 2.45) is 0 Å². The largest absolute Gasteiger partial charge is 0.388 e. The van der Waals surface area contributed by atoms with Crippen molar-refractivity contribution >= 4 is 5.69 Å². The summed E-state index contributed by atoms with van der Waals surface area (Å²) in [6.07, 6.45) is 0.0205. The molecule has 0 unspecified atom stereocenters. The lowest BCUT2D eigenvalue weighted by Crippen LogP contribution is -2.11. The van der Waals surface area contributed by atoms with E-state index in [9.17, 15) is 15.2 Å². The Hall–Kier alpha value is -1.46. The number of nitro groups is 1. The number of benzene rings is 1. The molecule has 0 aliphatic heterocycles. The normalized spacial score (nSPS) is 12.4. The Labute approximate surface area is 87.9 Å². The molecule has 2 N–H and O–H groups in total. The summed E-state index contributed by atoms with van der Waals surface area (Å²) in [5, 5.41) is 23.0. The van der Waals surface area contributed by atoms with Gasteiger partial charge in [-0.15, -0.1) is 0 Å². The second kappa shape index (κ2) is 5.43. The van der Waals surface area contributed by atoms with Crippen LogP contribution < -0.4 is 5.32 Å². The van der Waals surface area contributed by atoms with Crippen molar-refractivity contribution in [1.29, 1.82) is 0 Å². The first-order valence-electron chi connectivity index (χ1n) is 4.72. The number of non-ortho nitro benzene ring substituents is 1. The van der Waals surface area contributed by atoms with E-state index < -0.39 is 11.0 Å². The summed E-state index contributed by atoms with van der Waals surface area (Å²) in [5.74, 6) is 0. The first kappa shape index (κ1) is 11.6. The molecule has 1 aromatic rings. The molecule has 1 rings (SSSR count). The van der Waals surface area contributed by atoms with E-state index in [2.05, 4.69) is 5.32 Å². The van der Waals surface area contributed by atoms with Gasteiger partial charge in [0, 0.05) is 12.1 Å². The second-order valence-electron chi connectivity index (χ2n) is 3.26. The predicted molar refractivity (Wildman–Crippen MR) is 56.6 cm³/mol. The maximum absolute atomic E-state index is 10.4. The number of hydrogen-bond acceptors (Lipinski definition) is 4. The Morgan fingerprint density at radius 3 is 2.53 bits per heavy atom. The zero-order valence-electron chi connectivity index (χ0n) is 8.51. The van der Waals surface area contributed by atoms with Crippen LogP contribution in [0.3, 0.4) is 0 Å². The number of hydrogen-bond donors (Lipinski definition) is 2. The summed E-state index contributed by atoms with van der Waals surface area (Å²) in [7, 11) is 1.81. The highest BCUT2D eigenvalue weighted by atomic mass is 16.6. The van der Waals surface area contributed by atoms with Crippen LogP contribution in [0.15, 0.2) is 24.3 Å². The third kappa shape index (κ3) is 3.30. The van der Waals surface area contributed by atoms with Gasteiger partial charge in [-0.2, -0.15) is 0 Å². The zero-order valence-corrected chi connectivity index (χ0v) is 8.51. The van der Waals surface area contributed by atoms with Gasteiger partial charge >= 0.3 is 0 Å². The maximum Gasteiger partial charge on any atom is 0.269 e. The van der Waals surface area contributed by atoms with Gasteiger partial charge in [0.05, 0.1) is 11.0 Å². The number of nitrogens with zero attached hydrogens (tertiary/aromatic N) is 1. The van der Waals surface area contributed by atoms with Crippen LogP contribution in [0.25, 0.3) is 0 Å². The van der Waals surface area contributed by atoms with Crippen LogP contribution in [0.1, 0.15) is 18.1 Å². The molecule has 0 heterocycles. The first-order chi connectivity index (χ1) is 7.15. The fraction of sp³-hybridized carbons (Fsp3) is 0.400. The monoisotopic (exact) mass is 210 g/mol. The number of nitro benzene ring substituents is 1. The van der Waals surface area contributed by atoms with E-state index in [1.165, 1.54) is 12.1 Å². The molecule has 0 aliphatic rings. The number of aliphatic hydroxyl groups excluding tert-OH is 1. The van der Waals surface area contributed by atoms with E-state index >= 15 is 0 Å². The van der Waals surface area contributed by atoms with Gasteiger partial charge in [-0.1, -0.05) is 0 Å². The van der Waals surface area contributed by atoms with Gasteiger partial charge in [0.2, 0.25) is 0 Å². The van der Waals surface area contributed by atoms with Crippen molar-refractivity contribution in [2.75, 3.05) is 13.6 Å². The summed E-state index contributed by atoms with van der Waals surface area (Å²) >= 11 is 0. The van der Waals surface area contributed by atoms with Crippen LogP contribution >= 0.6 is 0 Å². The minimum absolute atomic E-state index is 0.0413. The molecule has 5 nitrogen and oxygen atoms in total. The van der Waals surface area contributed by atoms with Crippen molar-refractivity contribution in [1.82, 2.24) is 5.32 Å². The van der Waals surface area contributed by atoms with E-state index in [-0.39, 0.29) is 5.69 Å². The highest BCUT2D eigenvalue weighted by molar-refractivity contribution is 5.33. The molecule has 1 atom stereocenters. The second-order valence-corrected chi connectivity index (χ2v) is 3.26. The van der Waals surface area contributed by atoms with Crippen LogP contribution in [0.4, 0.5) is 5.69 Å². The molecule has 0 aliphatic carbocycles. The van der Waals surface area contributed by atoms with Crippen molar-refractivity contribution in [3.8, 4) is 0 Å². The average molecular weight is 210 g/mol. The molecular weight excluding hydrogens is 196 g/mol. The molecule has 0 bridgehead atoms. The Kier molecular flexibility index (Phi) is 4.20. The van der Waals surface area contributed by atoms with E-state index in [4.69, 9.17) is 0 Å². The number of rotatable bonds is 5. The molecule has 0 spiro atoms. The topological polar surface area (TPSA) is 75.4 Å². The molecule has 0 amide bonds. The summed E-state index contributed by atoms with van der Waals surface area (Å²) in [6, 6.07) is 5.97. The molecule has 82 valence electrons. The van der Waals surface area contributed by atoms with Crippen molar-refractivity contribution in [3.63, 3.8) is 0 Å². The minimum Gasteiger partial charge on any atom is -0.388 e. The van der Waals surface area contributed by atoms with Gasteiger partial charge in [0.15, 0.2) is 0 Å². The Morgan fingerprint density at radius 1 is 1.47 bits per heavy atom. The number of nitrogens with one attached hydrogen (secondary N) is 1. The predicted octanol–water partition coefficient (Wildman–Crippen LogP) is 1.24. The van der Waals surface area contributed by atoms with Crippen LogP contribution in [0, 0.1) is 10.1 Å². The third-order valence-corrected chi connectivity index (χ3v) is 2.16. The van der Waals surface area contributed by atoms with E-state index in [0.29, 0.717) is 18.5 Å². The maximum atomic E-state index is 10.4. The molecule has 0 aromatic heterocycles. The van der Waals surface area contributed by atoms with E-state index in [1.807, 2.05) is 7.05 Å². The van der Waals surface area contributed by atoms with Crippen LogP contribution in [-0.2, 0) is 0 Å². The summed E-state index contributed by atoms with van der Waals surface area (Å²) in [6.45, 7) is 0.707. The van der Waals surface area contributed by atoms with E-state index in [0.717, 1.165) is 0 Å². The Morgan fingerprint density at radius 2 is 2.07 bits per heavy atom. The van der Waals surface area contributed by atoms with Gasteiger partial charge < -0.3 is 10.4 Å². The fourth-order valence-electron chi connectivity index (χ4n) is 1.27. The fourth-order valence-corrected chi connectivity index (χ4v) is 1.27. The SMILES string of the molecule is CNCC[C@H](O)c1ccc([N+](=O)[O-])cc1. The van der Waals surface area contributed by atoms with Crippen molar-refractivity contribution in [2.45, 2.75) is 12.5 Å². The van der Waals surface area contributed by atoms with E-state index in [1.54, 1.807) is 12.1 Å². The zero-order chi connectivity index (χ0) is 11.3. The van der Waals surface area contributed by atoms with Crippen molar-refractivity contribution in [3.05, 3.63) is 39.9 Å². The lowest BCUT2D eigenvalue weighted by molar-refractivity contribution is -0.384. The van der Waals surface area contributed by atoms with Gasteiger partial charge in [-0.05, 0) is 37.7 Å². The minimum atomic E-state index is -0.571. The lowest BCUT2D eigenvalue weighted by atomic mass is 10.1. The Balaban J connectivity index is 2.66. The average Bonchev–Trinajstić information content (AvgIpc) is 2.26. The molecule has 0 radical (unpaired) electrons. The highest BCUT2D eigenvalue weighted by Crippen LogP contribution is 2.19.